The molecule has 7 heteroatoms. The number of rotatable bonds is 1. The van der Waals surface area contributed by atoms with Gasteiger partial charge in [0.15, 0.2) is 5.65 Å². The van der Waals surface area contributed by atoms with Crippen LogP contribution in [0.25, 0.3) is 16.7 Å². The van der Waals surface area contributed by atoms with Gasteiger partial charge in [-0.1, -0.05) is 6.07 Å². The lowest BCUT2D eigenvalue weighted by molar-refractivity contribution is -0.137. The molecule has 0 amide bonds. The highest BCUT2D eigenvalue weighted by molar-refractivity contribution is 5.92. The normalized spacial score (nSPS) is 12.0. The molecule has 2 heterocycles. The van der Waals surface area contributed by atoms with E-state index in [0.717, 1.165) is 23.4 Å². The molecule has 3 rings (SSSR count). The van der Waals surface area contributed by atoms with Crippen LogP contribution >= 0.6 is 0 Å². The molecule has 2 aromatic heterocycles. The lowest BCUT2D eigenvalue weighted by Crippen LogP contribution is -2.07. The summed E-state index contributed by atoms with van der Waals surface area (Å²) in [6, 6.07) is 5.13. The molecule has 1 aromatic carbocycles. The molecule has 2 N–H and O–H groups in total. The summed E-state index contributed by atoms with van der Waals surface area (Å²) in [5.41, 5.74) is 7.69. The topological polar surface area (TPSA) is 56.7 Å². The van der Waals surface area contributed by atoms with Crippen LogP contribution in [0.15, 0.2) is 30.6 Å². The van der Waals surface area contributed by atoms with Crippen molar-refractivity contribution in [2.45, 2.75) is 20.0 Å². The summed E-state index contributed by atoms with van der Waals surface area (Å²) < 4.78 is 40.4. The second-order valence-corrected chi connectivity index (χ2v) is 5.05. The van der Waals surface area contributed by atoms with E-state index in [-0.39, 0.29) is 0 Å². The molecule has 0 aliphatic rings. The highest BCUT2D eigenvalue weighted by Gasteiger charge is 2.30. The molecule has 0 bridgehead atoms. The van der Waals surface area contributed by atoms with Gasteiger partial charge in [0, 0.05) is 11.4 Å². The number of nitrogens with two attached hydrogens (primary N) is 1. The standard InChI is InChI=1S/C15H13F3N4/c1-8-9(2)22(14-12(8)13(19)20-7-21-14)11-5-3-4-10(6-11)15(16,17)18/h3-7H,1-2H3,(H2,19,20,21). The van der Waals surface area contributed by atoms with Crippen molar-refractivity contribution in [3.8, 4) is 5.69 Å². The maximum atomic E-state index is 12.9. The number of aryl methyl sites for hydroxylation is 1. The van der Waals surface area contributed by atoms with Crippen LogP contribution in [0.3, 0.4) is 0 Å². The van der Waals surface area contributed by atoms with Crippen molar-refractivity contribution >= 4 is 16.9 Å². The van der Waals surface area contributed by atoms with Crippen molar-refractivity contribution in [3.05, 3.63) is 47.4 Å². The number of halogens is 3. The summed E-state index contributed by atoms with van der Waals surface area (Å²) in [6.45, 7) is 3.66. The quantitative estimate of drug-likeness (QED) is 0.747. The predicted octanol–water partition coefficient (Wildman–Crippen LogP) is 3.64. The van der Waals surface area contributed by atoms with Gasteiger partial charge in [-0.05, 0) is 37.6 Å². The number of nitrogens with zero attached hydrogens (tertiary/aromatic N) is 3. The van der Waals surface area contributed by atoms with Crippen LogP contribution in [0.2, 0.25) is 0 Å². The van der Waals surface area contributed by atoms with Gasteiger partial charge in [-0.2, -0.15) is 13.2 Å². The molecule has 0 saturated carbocycles. The average Bonchev–Trinajstić information content (AvgIpc) is 2.71. The van der Waals surface area contributed by atoms with Gasteiger partial charge in [-0.25, -0.2) is 9.97 Å². The summed E-state index contributed by atoms with van der Waals surface area (Å²) in [4.78, 5) is 8.13. The molecule has 0 aliphatic heterocycles. The monoisotopic (exact) mass is 306 g/mol. The highest BCUT2D eigenvalue weighted by atomic mass is 19.4. The van der Waals surface area contributed by atoms with Crippen LogP contribution in [-0.2, 0) is 6.18 Å². The number of hydrogen-bond acceptors (Lipinski definition) is 3. The van der Waals surface area contributed by atoms with E-state index >= 15 is 0 Å². The second kappa shape index (κ2) is 4.72. The van der Waals surface area contributed by atoms with Crippen LogP contribution in [-0.4, -0.2) is 14.5 Å². The Morgan fingerprint density at radius 1 is 1.14 bits per heavy atom. The fraction of sp³-hybridized carbons (Fsp3) is 0.200. The molecule has 0 fully saturated rings. The van der Waals surface area contributed by atoms with Crippen LogP contribution in [0, 0.1) is 13.8 Å². The van der Waals surface area contributed by atoms with Crippen molar-refractivity contribution in [1.29, 1.82) is 0 Å². The van der Waals surface area contributed by atoms with E-state index in [2.05, 4.69) is 9.97 Å². The first-order valence-electron chi connectivity index (χ1n) is 6.56. The Kier molecular flexibility index (Phi) is 3.09. The van der Waals surface area contributed by atoms with E-state index in [1.54, 1.807) is 10.6 Å². The summed E-state index contributed by atoms with van der Waals surface area (Å²) >= 11 is 0. The van der Waals surface area contributed by atoms with E-state index < -0.39 is 11.7 Å². The van der Waals surface area contributed by atoms with Gasteiger partial charge in [-0.3, -0.25) is 4.57 Å². The van der Waals surface area contributed by atoms with Gasteiger partial charge in [0.1, 0.15) is 12.1 Å². The summed E-state index contributed by atoms with van der Waals surface area (Å²) in [7, 11) is 0. The zero-order chi connectivity index (χ0) is 16.1. The molecule has 114 valence electrons. The number of benzene rings is 1. The minimum atomic E-state index is -4.39. The molecule has 3 aromatic rings. The highest BCUT2D eigenvalue weighted by Crippen LogP contribution is 2.33. The summed E-state index contributed by atoms with van der Waals surface area (Å²) in [5, 5.41) is 0.664. The third kappa shape index (κ3) is 2.09. The van der Waals surface area contributed by atoms with Crippen molar-refractivity contribution in [2.75, 3.05) is 5.73 Å². The number of nitrogen functional groups attached to an aromatic ring is 1. The first-order valence-corrected chi connectivity index (χ1v) is 6.56. The lowest BCUT2D eigenvalue weighted by Gasteiger charge is -2.11. The minimum Gasteiger partial charge on any atom is -0.383 e. The fourth-order valence-electron chi connectivity index (χ4n) is 2.56. The lowest BCUT2D eigenvalue weighted by atomic mass is 10.2. The van der Waals surface area contributed by atoms with Gasteiger partial charge in [0.05, 0.1) is 10.9 Å². The molecule has 0 spiro atoms. The Hall–Kier alpha value is -2.57. The predicted molar refractivity (Wildman–Crippen MR) is 77.8 cm³/mol. The Bertz CT molecular complexity index is 865. The van der Waals surface area contributed by atoms with Gasteiger partial charge < -0.3 is 5.73 Å². The van der Waals surface area contributed by atoms with Gasteiger partial charge in [0.2, 0.25) is 0 Å². The molecule has 0 saturated heterocycles. The average molecular weight is 306 g/mol. The van der Waals surface area contributed by atoms with Gasteiger partial charge in [0.25, 0.3) is 0 Å². The van der Waals surface area contributed by atoms with E-state index in [9.17, 15) is 13.2 Å². The van der Waals surface area contributed by atoms with Crippen molar-refractivity contribution < 1.29 is 13.2 Å². The zero-order valence-electron chi connectivity index (χ0n) is 11.9. The Labute approximate surface area is 124 Å². The smallest absolute Gasteiger partial charge is 0.383 e. The van der Waals surface area contributed by atoms with Gasteiger partial charge >= 0.3 is 6.18 Å². The van der Waals surface area contributed by atoms with Crippen molar-refractivity contribution in [1.82, 2.24) is 14.5 Å². The molecule has 0 atom stereocenters. The zero-order valence-corrected chi connectivity index (χ0v) is 11.9. The van der Waals surface area contributed by atoms with Crippen LogP contribution < -0.4 is 5.73 Å². The molecule has 0 unspecified atom stereocenters. The molecule has 22 heavy (non-hydrogen) atoms. The Balaban J connectivity index is 2.32. The maximum absolute atomic E-state index is 12.9. The third-order valence-electron chi connectivity index (χ3n) is 3.75. The van der Waals surface area contributed by atoms with Crippen LogP contribution in [0.1, 0.15) is 16.8 Å². The van der Waals surface area contributed by atoms with Crippen LogP contribution in [0.4, 0.5) is 19.0 Å². The first-order chi connectivity index (χ1) is 10.3. The Morgan fingerprint density at radius 3 is 2.55 bits per heavy atom. The van der Waals surface area contributed by atoms with E-state index in [1.165, 1.54) is 12.4 Å². The van der Waals surface area contributed by atoms with E-state index in [1.807, 2.05) is 13.8 Å². The number of anilines is 1. The molecule has 0 aliphatic carbocycles. The summed E-state index contributed by atoms with van der Waals surface area (Å²) in [5.74, 6) is 0.316. The Morgan fingerprint density at radius 2 is 1.86 bits per heavy atom. The van der Waals surface area contributed by atoms with Crippen molar-refractivity contribution in [2.24, 2.45) is 0 Å². The molecular weight excluding hydrogens is 293 g/mol. The second-order valence-electron chi connectivity index (χ2n) is 5.05. The third-order valence-corrected chi connectivity index (χ3v) is 3.75. The molecule has 0 radical (unpaired) electrons. The van der Waals surface area contributed by atoms with Crippen LogP contribution in [0.5, 0.6) is 0 Å². The maximum Gasteiger partial charge on any atom is 0.416 e. The number of fused-ring (bicyclic) bond motifs is 1. The van der Waals surface area contributed by atoms with Crippen molar-refractivity contribution in [3.63, 3.8) is 0 Å². The number of alkyl halides is 3. The number of hydrogen-bond donors (Lipinski definition) is 1. The van der Waals surface area contributed by atoms with Gasteiger partial charge in [-0.15, -0.1) is 0 Å². The SMILES string of the molecule is Cc1c(C)n(-c2cccc(C(F)(F)F)c2)c2ncnc(N)c12. The number of aromatic nitrogens is 3. The van der Waals surface area contributed by atoms with E-state index in [0.29, 0.717) is 22.5 Å². The minimum absolute atomic E-state index is 0.316. The molecular formula is C15H13F3N4. The fourth-order valence-corrected chi connectivity index (χ4v) is 2.56. The largest absolute Gasteiger partial charge is 0.416 e. The first kappa shape index (κ1) is 14.4. The molecule has 4 nitrogen and oxygen atoms in total. The van der Waals surface area contributed by atoms with E-state index in [4.69, 9.17) is 5.73 Å². The summed E-state index contributed by atoms with van der Waals surface area (Å²) in [6.07, 6.45) is -3.09.